The molecule has 0 spiro atoms. The summed E-state index contributed by atoms with van der Waals surface area (Å²) in [5.74, 6) is 7.78. The summed E-state index contributed by atoms with van der Waals surface area (Å²) in [6, 6.07) is 23.7. The van der Waals surface area contributed by atoms with Gasteiger partial charge in [0.1, 0.15) is 6.10 Å². The molecule has 0 saturated heterocycles. The van der Waals surface area contributed by atoms with E-state index in [1.165, 1.54) is 0 Å². The van der Waals surface area contributed by atoms with Crippen LogP contribution in [0, 0.1) is 11.8 Å². The van der Waals surface area contributed by atoms with Crippen LogP contribution in [0.2, 0.25) is 0 Å². The highest BCUT2D eigenvalue weighted by Gasteiger charge is 2.13. The van der Waals surface area contributed by atoms with Crippen LogP contribution in [0.1, 0.15) is 22.8 Å². The molecular weight excluding hydrogens is 416 g/mol. The van der Waals surface area contributed by atoms with E-state index in [4.69, 9.17) is 14.2 Å². The fraction of sp³-hybridized carbons (Fsp3) is 0.167. The minimum atomic E-state index is -0.346. The quantitative estimate of drug-likeness (QED) is 0.458. The Morgan fingerprint density at radius 3 is 2.11 bits per heavy atom. The molecule has 3 aromatic carbocycles. The summed E-state index contributed by atoms with van der Waals surface area (Å²) in [7, 11) is 3.24. The molecule has 0 aliphatic heterocycles. The summed E-state index contributed by atoms with van der Waals surface area (Å²) >= 11 is 3.58. The van der Waals surface area contributed by atoms with E-state index in [9.17, 15) is 0 Å². The lowest BCUT2D eigenvalue weighted by Crippen LogP contribution is -2.04. The molecule has 142 valence electrons. The SMILES string of the molecule is COc1cc(Br)c(COC(C#Cc2ccccc2)c2ccccc2)cc1OC. The van der Waals surface area contributed by atoms with Crippen LogP contribution in [0.4, 0.5) is 0 Å². The third kappa shape index (κ3) is 5.16. The zero-order valence-corrected chi connectivity index (χ0v) is 17.4. The maximum atomic E-state index is 6.19. The Morgan fingerprint density at radius 1 is 0.857 bits per heavy atom. The fourth-order valence-corrected chi connectivity index (χ4v) is 3.14. The molecule has 0 aliphatic carbocycles. The molecule has 3 rings (SSSR count). The smallest absolute Gasteiger partial charge is 0.161 e. The summed E-state index contributed by atoms with van der Waals surface area (Å²) in [6.07, 6.45) is -0.346. The van der Waals surface area contributed by atoms with Gasteiger partial charge in [-0.3, -0.25) is 0 Å². The molecule has 0 radical (unpaired) electrons. The fourth-order valence-electron chi connectivity index (χ4n) is 2.70. The van der Waals surface area contributed by atoms with Crippen LogP contribution in [0.5, 0.6) is 11.5 Å². The van der Waals surface area contributed by atoms with Crippen molar-refractivity contribution in [3.05, 3.63) is 94.0 Å². The first-order valence-electron chi connectivity index (χ1n) is 8.85. The van der Waals surface area contributed by atoms with E-state index in [1.807, 2.05) is 72.8 Å². The first-order chi connectivity index (χ1) is 13.7. The maximum Gasteiger partial charge on any atom is 0.161 e. The lowest BCUT2D eigenvalue weighted by atomic mass is 10.1. The number of methoxy groups -OCH3 is 2. The van der Waals surface area contributed by atoms with Crippen LogP contribution in [-0.4, -0.2) is 14.2 Å². The van der Waals surface area contributed by atoms with E-state index in [1.54, 1.807) is 14.2 Å². The standard InChI is InChI=1S/C24H21BrO3/c1-26-23-15-20(21(25)16-24(23)27-2)17-28-22(19-11-7-4-8-12-19)14-13-18-9-5-3-6-10-18/h3-12,15-16,22H,17H2,1-2H3. The molecule has 0 saturated carbocycles. The van der Waals surface area contributed by atoms with E-state index < -0.39 is 0 Å². The first-order valence-corrected chi connectivity index (χ1v) is 9.64. The normalized spacial score (nSPS) is 11.2. The molecule has 0 fully saturated rings. The van der Waals surface area contributed by atoms with Gasteiger partial charge in [0, 0.05) is 10.0 Å². The van der Waals surface area contributed by atoms with Gasteiger partial charge in [0.2, 0.25) is 0 Å². The van der Waals surface area contributed by atoms with Crippen LogP contribution in [0.25, 0.3) is 0 Å². The third-order valence-electron chi connectivity index (χ3n) is 4.18. The van der Waals surface area contributed by atoms with Crippen LogP contribution in [0.3, 0.4) is 0 Å². The van der Waals surface area contributed by atoms with Crippen molar-refractivity contribution in [1.82, 2.24) is 0 Å². The highest BCUT2D eigenvalue weighted by Crippen LogP contribution is 2.34. The number of halogens is 1. The average Bonchev–Trinajstić information content (AvgIpc) is 2.75. The Morgan fingerprint density at radius 2 is 1.46 bits per heavy atom. The Hall–Kier alpha value is -2.74. The molecule has 0 N–H and O–H groups in total. The second kappa shape index (κ2) is 9.98. The molecule has 0 amide bonds. The van der Waals surface area contributed by atoms with Crippen molar-refractivity contribution >= 4 is 15.9 Å². The summed E-state index contributed by atoms with van der Waals surface area (Å²) in [6.45, 7) is 0.379. The Labute approximate surface area is 174 Å². The highest BCUT2D eigenvalue weighted by atomic mass is 79.9. The maximum absolute atomic E-state index is 6.19. The van der Waals surface area contributed by atoms with E-state index in [0.717, 1.165) is 21.2 Å². The van der Waals surface area contributed by atoms with Crippen molar-refractivity contribution in [3.8, 4) is 23.3 Å². The zero-order chi connectivity index (χ0) is 19.8. The predicted octanol–water partition coefficient (Wildman–Crippen LogP) is 5.78. The average molecular weight is 437 g/mol. The number of hydrogen-bond acceptors (Lipinski definition) is 3. The van der Waals surface area contributed by atoms with E-state index in [0.29, 0.717) is 18.1 Å². The number of ether oxygens (including phenoxy) is 3. The molecule has 3 nitrogen and oxygen atoms in total. The minimum Gasteiger partial charge on any atom is -0.493 e. The largest absolute Gasteiger partial charge is 0.493 e. The van der Waals surface area contributed by atoms with Gasteiger partial charge in [-0.25, -0.2) is 0 Å². The summed E-state index contributed by atoms with van der Waals surface area (Å²) < 4.78 is 17.8. The molecule has 1 unspecified atom stereocenters. The molecule has 28 heavy (non-hydrogen) atoms. The van der Waals surface area contributed by atoms with Crippen molar-refractivity contribution in [2.45, 2.75) is 12.7 Å². The Balaban J connectivity index is 1.84. The van der Waals surface area contributed by atoms with Crippen molar-refractivity contribution in [2.24, 2.45) is 0 Å². The Bertz CT molecular complexity index is 960. The third-order valence-corrected chi connectivity index (χ3v) is 4.92. The van der Waals surface area contributed by atoms with Crippen LogP contribution < -0.4 is 9.47 Å². The predicted molar refractivity (Wildman–Crippen MR) is 115 cm³/mol. The second-order valence-electron chi connectivity index (χ2n) is 6.04. The van der Waals surface area contributed by atoms with Crippen molar-refractivity contribution < 1.29 is 14.2 Å². The van der Waals surface area contributed by atoms with Crippen LogP contribution in [-0.2, 0) is 11.3 Å². The number of benzene rings is 3. The number of hydrogen-bond donors (Lipinski definition) is 0. The molecule has 0 aromatic heterocycles. The summed E-state index contributed by atoms with van der Waals surface area (Å²) in [5, 5.41) is 0. The van der Waals surface area contributed by atoms with Gasteiger partial charge < -0.3 is 14.2 Å². The van der Waals surface area contributed by atoms with Gasteiger partial charge in [0.15, 0.2) is 11.5 Å². The van der Waals surface area contributed by atoms with Gasteiger partial charge in [-0.2, -0.15) is 0 Å². The van der Waals surface area contributed by atoms with E-state index in [-0.39, 0.29) is 6.10 Å². The first kappa shape index (κ1) is 20.0. The lowest BCUT2D eigenvalue weighted by Gasteiger charge is -2.15. The molecule has 4 heteroatoms. The molecular formula is C24H21BrO3. The summed E-state index contributed by atoms with van der Waals surface area (Å²) in [4.78, 5) is 0. The lowest BCUT2D eigenvalue weighted by molar-refractivity contribution is 0.0776. The van der Waals surface area contributed by atoms with Crippen molar-refractivity contribution in [3.63, 3.8) is 0 Å². The zero-order valence-electron chi connectivity index (χ0n) is 15.8. The van der Waals surface area contributed by atoms with E-state index in [2.05, 4.69) is 27.8 Å². The topological polar surface area (TPSA) is 27.7 Å². The molecule has 3 aromatic rings. The van der Waals surface area contributed by atoms with Gasteiger partial charge in [-0.05, 0) is 35.4 Å². The molecule has 0 aliphatic rings. The summed E-state index contributed by atoms with van der Waals surface area (Å²) in [5.41, 5.74) is 2.93. The van der Waals surface area contributed by atoms with Crippen molar-refractivity contribution in [2.75, 3.05) is 14.2 Å². The monoisotopic (exact) mass is 436 g/mol. The van der Waals surface area contributed by atoms with Gasteiger partial charge in [0.25, 0.3) is 0 Å². The van der Waals surface area contributed by atoms with Crippen LogP contribution >= 0.6 is 15.9 Å². The minimum absolute atomic E-state index is 0.346. The van der Waals surface area contributed by atoms with Gasteiger partial charge in [0.05, 0.1) is 20.8 Å². The Kier molecular flexibility index (Phi) is 7.13. The molecule has 0 bridgehead atoms. The van der Waals surface area contributed by atoms with Crippen molar-refractivity contribution in [1.29, 1.82) is 0 Å². The van der Waals surface area contributed by atoms with Crippen LogP contribution in [0.15, 0.2) is 77.3 Å². The highest BCUT2D eigenvalue weighted by molar-refractivity contribution is 9.10. The van der Waals surface area contributed by atoms with Gasteiger partial charge in [-0.15, -0.1) is 0 Å². The molecule has 0 heterocycles. The van der Waals surface area contributed by atoms with E-state index >= 15 is 0 Å². The van der Waals surface area contributed by atoms with Gasteiger partial charge in [-0.1, -0.05) is 76.3 Å². The number of rotatable bonds is 6. The molecule has 1 atom stereocenters. The van der Waals surface area contributed by atoms with Gasteiger partial charge >= 0.3 is 0 Å². The second-order valence-corrected chi connectivity index (χ2v) is 6.89.